The Bertz CT molecular complexity index is 651. The lowest BCUT2D eigenvalue weighted by atomic mass is 10.2. The van der Waals surface area contributed by atoms with Crippen molar-refractivity contribution in [2.45, 2.75) is 31.8 Å². The SMILES string of the molecule is O=C(NC1CC1)C(=O)N1CCN(Cc2ccc(OC(F)(F)F)cc2)CC1. The van der Waals surface area contributed by atoms with Crippen molar-refractivity contribution in [1.82, 2.24) is 15.1 Å². The number of hydrogen-bond acceptors (Lipinski definition) is 4. The van der Waals surface area contributed by atoms with Crippen LogP contribution in [0.25, 0.3) is 0 Å². The van der Waals surface area contributed by atoms with Gasteiger partial charge in [0.15, 0.2) is 0 Å². The Morgan fingerprint density at radius 1 is 1.08 bits per heavy atom. The standard InChI is InChI=1S/C17H20F3N3O3/c18-17(19,20)26-14-5-1-12(2-6-14)11-22-7-9-23(10-8-22)16(25)15(24)21-13-3-4-13/h1-2,5-6,13H,3-4,7-11H2,(H,21,24). The Morgan fingerprint density at radius 3 is 2.23 bits per heavy atom. The molecule has 2 fully saturated rings. The van der Waals surface area contributed by atoms with Crippen molar-refractivity contribution in [2.24, 2.45) is 0 Å². The van der Waals surface area contributed by atoms with E-state index in [4.69, 9.17) is 0 Å². The molecule has 9 heteroatoms. The smallest absolute Gasteiger partial charge is 0.406 e. The zero-order chi connectivity index (χ0) is 18.7. The third kappa shape index (κ3) is 5.35. The summed E-state index contributed by atoms with van der Waals surface area (Å²) >= 11 is 0. The molecule has 0 aromatic heterocycles. The first-order valence-corrected chi connectivity index (χ1v) is 8.47. The number of nitrogens with zero attached hydrogens (tertiary/aromatic N) is 2. The van der Waals surface area contributed by atoms with E-state index in [1.165, 1.54) is 17.0 Å². The van der Waals surface area contributed by atoms with Gasteiger partial charge in [-0.2, -0.15) is 0 Å². The quantitative estimate of drug-likeness (QED) is 0.815. The van der Waals surface area contributed by atoms with E-state index in [1.807, 2.05) is 0 Å². The third-order valence-electron chi connectivity index (χ3n) is 4.33. The van der Waals surface area contributed by atoms with Crippen molar-refractivity contribution in [3.05, 3.63) is 29.8 Å². The fourth-order valence-electron chi connectivity index (χ4n) is 2.78. The number of rotatable bonds is 4. The lowest BCUT2D eigenvalue weighted by molar-refractivity contribution is -0.274. The second-order valence-corrected chi connectivity index (χ2v) is 6.51. The van der Waals surface area contributed by atoms with Crippen LogP contribution >= 0.6 is 0 Å². The van der Waals surface area contributed by atoms with Crippen LogP contribution in [0.1, 0.15) is 18.4 Å². The predicted octanol–water partition coefficient (Wildman–Crippen LogP) is 1.51. The molecule has 0 spiro atoms. The molecule has 0 radical (unpaired) electrons. The second kappa shape index (κ2) is 7.53. The van der Waals surface area contributed by atoms with E-state index in [1.54, 1.807) is 12.1 Å². The van der Waals surface area contributed by atoms with Gasteiger partial charge in [-0.3, -0.25) is 14.5 Å². The highest BCUT2D eigenvalue weighted by Gasteiger charge is 2.32. The molecule has 3 rings (SSSR count). The van der Waals surface area contributed by atoms with Crippen LogP contribution in [-0.4, -0.2) is 60.2 Å². The molecule has 0 unspecified atom stereocenters. The van der Waals surface area contributed by atoms with Gasteiger partial charge in [0, 0.05) is 38.8 Å². The topological polar surface area (TPSA) is 61.9 Å². The first-order valence-electron chi connectivity index (χ1n) is 8.47. The van der Waals surface area contributed by atoms with Gasteiger partial charge in [-0.1, -0.05) is 12.1 Å². The van der Waals surface area contributed by atoms with Crippen LogP contribution in [0.5, 0.6) is 5.75 Å². The normalized spacial score (nSPS) is 18.5. The highest BCUT2D eigenvalue weighted by molar-refractivity contribution is 6.35. The minimum atomic E-state index is -4.70. The molecule has 1 aliphatic carbocycles. The Balaban J connectivity index is 1.44. The Hall–Kier alpha value is -2.29. The van der Waals surface area contributed by atoms with Crippen LogP contribution in [0.4, 0.5) is 13.2 Å². The zero-order valence-corrected chi connectivity index (χ0v) is 14.1. The van der Waals surface area contributed by atoms with Crippen molar-refractivity contribution >= 4 is 11.8 Å². The molecule has 1 heterocycles. The maximum absolute atomic E-state index is 12.2. The number of hydrogen-bond donors (Lipinski definition) is 1. The van der Waals surface area contributed by atoms with E-state index in [0.717, 1.165) is 18.4 Å². The predicted molar refractivity (Wildman–Crippen MR) is 86.1 cm³/mol. The maximum Gasteiger partial charge on any atom is 0.573 e. The van der Waals surface area contributed by atoms with Crippen molar-refractivity contribution in [3.63, 3.8) is 0 Å². The third-order valence-corrected chi connectivity index (χ3v) is 4.33. The fourth-order valence-corrected chi connectivity index (χ4v) is 2.78. The minimum Gasteiger partial charge on any atom is -0.406 e. The largest absolute Gasteiger partial charge is 0.573 e. The molecule has 1 aromatic carbocycles. The van der Waals surface area contributed by atoms with Crippen LogP contribution in [0, 0.1) is 0 Å². The summed E-state index contributed by atoms with van der Waals surface area (Å²) in [4.78, 5) is 27.5. The number of piperazine rings is 1. The van der Waals surface area contributed by atoms with Crippen LogP contribution in [0.2, 0.25) is 0 Å². The summed E-state index contributed by atoms with van der Waals surface area (Å²) in [5, 5.41) is 2.69. The van der Waals surface area contributed by atoms with E-state index in [2.05, 4.69) is 15.0 Å². The number of carbonyl (C=O) groups is 2. The lowest BCUT2D eigenvalue weighted by Gasteiger charge is -2.34. The Kier molecular flexibility index (Phi) is 5.36. The molecule has 2 aliphatic rings. The molecular weight excluding hydrogens is 351 g/mol. The highest BCUT2D eigenvalue weighted by atomic mass is 19.4. The average molecular weight is 371 g/mol. The van der Waals surface area contributed by atoms with E-state index in [0.29, 0.717) is 32.7 Å². The van der Waals surface area contributed by atoms with E-state index in [-0.39, 0.29) is 11.8 Å². The molecule has 1 saturated carbocycles. The van der Waals surface area contributed by atoms with Gasteiger partial charge in [0.05, 0.1) is 0 Å². The summed E-state index contributed by atoms with van der Waals surface area (Å²) in [5.74, 6) is -1.29. The number of alkyl halides is 3. The van der Waals surface area contributed by atoms with Crippen LogP contribution in [-0.2, 0) is 16.1 Å². The van der Waals surface area contributed by atoms with E-state index < -0.39 is 18.2 Å². The molecule has 1 saturated heterocycles. The van der Waals surface area contributed by atoms with Gasteiger partial charge >= 0.3 is 18.2 Å². The van der Waals surface area contributed by atoms with Gasteiger partial charge in [-0.25, -0.2) is 0 Å². The Morgan fingerprint density at radius 2 is 1.69 bits per heavy atom. The molecule has 0 bridgehead atoms. The summed E-state index contributed by atoms with van der Waals surface area (Å²) in [7, 11) is 0. The summed E-state index contributed by atoms with van der Waals surface area (Å²) in [5.41, 5.74) is 0.853. The first-order chi connectivity index (χ1) is 12.3. The number of benzene rings is 1. The average Bonchev–Trinajstić information content (AvgIpc) is 3.39. The molecule has 142 valence electrons. The van der Waals surface area contributed by atoms with Crippen LogP contribution < -0.4 is 10.1 Å². The van der Waals surface area contributed by atoms with Gasteiger partial charge < -0.3 is 15.0 Å². The molecule has 0 atom stereocenters. The van der Waals surface area contributed by atoms with Crippen LogP contribution in [0.15, 0.2) is 24.3 Å². The minimum absolute atomic E-state index is 0.150. The van der Waals surface area contributed by atoms with Gasteiger partial charge in [-0.15, -0.1) is 13.2 Å². The zero-order valence-electron chi connectivity index (χ0n) is 14.1. The molecule has 2 amide bonds. The van der Waals surface area contributed by atoms with Gasteiger partial charge in [-0.05, 0) is 30.5 Å². The molecule has 1 aromatic rings. The van der Waals surface area contributed by atoms with Crippen LogP contribution in [0.3, 0.4) is 0 Å². The molecular formula is C17H20F3N3O3. The first kappa shape index (κ1) is 18.5. The van der Waals surface area contributed by atoms with E-state index >= 15 is 0 Å². The fraction of sp³-hybridized carbons (Fsp3) is 0.529. The van der Waals surface area contributed by atoms with Gasteiger partial charge in [0.25, 0.3) is 0 Å². The Labute approximate surface area is 148 Å². The molecule has 1 N–H and O–H groups in total. The molecule has 26 heavy (non-hydrogen) atoms. The lowest BCUT2D eigenvalue weighted by Crippen LogP contribution is -2.52. The molecule has 1 aliphatic heterocycles. The van der Waals surface area contributed by atoms with Crippen molar-refractivity contribution in [1.29, 1.82) is 0 Å². The van der Waals surface area contributed by atoms with Crippen molar-refractivity contribution in [2.75, 3.05) is 26.2 Å². The summed E-state index contributed by atoms with van der Waals surface area (Å²) in [6.07, 6.45) is -2.84. The number of ether oxygens (including phenoxy) is 1. The van der Waals surface area contributed by atoms with Crippen molar-refractivity contribution < 1.29 is 27.5 Å². The van der Waals surface area contributed by atoms with E-state index in [9.17, 15) is 22.8 Å². The summed E-state index contributed by atoms with van der Waals surface area (Å²) in [6, 6.07) is 5.89. The number of amides is 2. The highest BCUT2D eigenvalue weighted by Crippen LogP contribution is 2.23. The maximum atomic E-state index is 12.2. The second-order valence-electron chi connectivity index (χ2n) is 6.51. The summed E-state index contributed by atoms with van der Waals surface area (Å²) < 4.78 is 40.3. The number of carbonyl (C=O) groups excluding carboxylic acids is 2. The summed E-state index contributed by atoms with van der Waals surface area (Å²) in [6.45, 7) is 2.66. The van der Waals surface area contributed by atoms with Crippen molar-refractivity contribution in [3.8, 4) is 5.75 Å². The molecule has 6 nitrogen and oxygen atoms in total. The van der Waals surface area contributed by atoms with Gasteiger partial charge in [0.1, 0.15) is 5.75 Å². The number of nitrogens with one attached hydrogen (secondary N) is 1. The number of halogens is 3. The monoisotopic (exact) mass is 371 g/mol. The van der Waals surface area contributed by atoms with Gasteiger partial charge in [0.2, 0.25) is 0 Å².